The highest BCUT2D eigenvalue weighted by Crippen LogP contribution is 2.29. The Hall–Kier alpha value is -3.38. The second kappa shape index (κ2) is 9.62. The molecular formula is C25H22BrFN2O2. The Kier molecular flexibility index (Phi) is 6.92. The zero-order valence-corrected chi connectivity index (χ0v) is 18.8. The van der Waals surface area contributed by atoms with Gasteiger partial charge in [0.15, 0.2) is 5.78 Å². The largest absolute Gasteiger partial charge is 0.501 e. The summed E-state index contributed by atoms with van der Waals surface area (Å²) in [4.78, 5) is 16.4. The predicted octanol–water partition coefficient (Wildman–Crippen LogP) is 6.82. The molecule has 0 aliphatic carbocycles. The molecule has 3 rings (SSSR count). The van der Waals surface area contributed by atoms with E-state index in [2.05, 4.69) is 39.4 Å². The molecule has 4 nitrogen and oxygen atoms in total. The third-order valence-electron chi connectivity index (χ3n) is 4.77. The lowest BCUT2D eigenvalue weighted by atomic mass is 9.93. The molecule has 0 spiro atoms. The van der Waals surface area contributed by atoms with Gasteiger partial charge in [0.25, 0.3) is 0 Å². The van der Waals surface area contributed by atoms with Crippen molar-refractivity contribution in [3.05, 3.63) is 112 Å². The van der Waals surface area contributed by atoms with E-state index in [1.165, 1.54) is 19.2 Å². The van der Waals surface area contributed by atoms with Crippen molar-refractivity contribution in [1.29, 1.82) is 0 Å². The highest BCUT2D eigenvalue weighted by atomic mass is 79.9. The summed E-state index contributed by atoms with van der Waals surface area (Å²) in [6.45, 7) is 9.83. The van der Waals surface area contributed by atoms with Gasteiger partial charge in [-0.2, -0.15) is 0 Å². The monoisotopic (exact) mass is 480 g/mol. The number of allylic oxidation sites excluding steroid dienone is 3. The Bertz CT molecular complexity index is 1180. The first-order valence-electron chi connectivity index (χ1n) is 9.45. The third kappa shape index (κ3) is 5.22. The van der Waals surface area contributed by atoms with Crippen LogP contribution in [0.2, 0.25) is 0 Å². The van der Waals surface area contributed by atoms with Crippen molar-refractivity contribution in [1.82, 2.24) is 4.98 Å². The lowest BCUT2D eigenvalue weighted by Crippen LogP contribution is -2.08. The van der Waals surface area contributed by atoms with Crippen molar-refractivity contribution in [3.8, 4) is 0 Å². The summed E-state index contributed by atoms with van der Waals surface area (Å²) < 4.78 is 19.7. The van der Waals surface area contributed by atoms with Gasteiger partial charge in [0.2, 0.25) is 0 Å². The fourth-order valence-corrected chi connectivity index (χ4v) is 3.32. The van der Waals surface area contributed by atoms with E-state index < -0.39 is 0 Å². The Morgan fingerprint density at radius 2 is 1.81 bits per heavy atom. The maximum Gasteiger partial charge on any atom is 0.198 e. The first-order valence-corrected chi connectivity index (χ1v) is 10.2. The number of aromatic amines is 1. The number of nitrogens with one attached hydrogen (secondary N) is 2. The van der Waals surface area contributed by atoms with Gasteiger partial charge >= 0.3 is 0 Å². The van der Waals surface area contributed by atoms with Crippen LogP contribution in [0, 0.1) is 5.82 Å². The molecule has 0 saturated heterocycles. The molecule has 31 heavy (non-hydrogen) atoms. The van der Waals surface area contributed by atoms with Gasteiger partial charge in [-0.1, -0.05) is 47.3 Å². The van der Waals surface area contributed by atoms with Crippen molar-refractivity contribution in [3.63, 3.8) is 0 Å². The zero-order chi connectivity index (χ0) is 22.5. The summed E-state index contributed by atoms with van der Waals surface area (Å²) in [5.41, 5.74) is 3.88. The normalized spacial score (nSPS) is 11.5. The van der Waals surface area contributed by atoms with E-state index in [-0.39, 0.29) is 11.6 Å². The molecule has 0 radical (unpaired) electrons. The first-order chi connectivity index (χ1) is 14.8. The van der Waals surface area contributed by atoms with Gasteiger partial charge in [-0.3, -0.25) is 4.79 Å². The van der Waals surface area contributed by atoms with E-state index in [0.29, 0.717) is 39.5 Å². The topological polar surface area (TPSA) is 54.1 Å². The molecular weight excluding hydrogens is 459 g/mol. The molecule has 3 aromatic rings. The van der Waals surface area contributed by atoms with Gasteiger partial charge in [0, 0.05) is 21.9 Å². The minimum absolute atomic E-state index is 0.228. The van der Waals surface area contributed by atoms with Gasteiger partial charge in [-0.15, -0.1) is 0 Å². The SMILES string of the molecule is C=C(/C(C(=O)c1c[nH]c(C(=C)Nc2cccc(F)c2)c1)=C(/C)OC)c1ccc(Br)cc1. The molecule has 0 aliphatic rings. The molecule has 0 amide bonds. The van der Waals surface area contributed by atoms with Crippen LogP contribution in [-0.4, -0.2) is 17.9 Å². The summed E-state index contributed by atoms with van der Waals surface area (Å²) in [6, 6.07) is 15.3. The number of halogens is 2. The Labute approximate surface area is 189 Å². The molecule has 6 heteroatoms. The molecule has 0 fully saturated rings. The van der Waals surface area contributed by atoms with Crippen LogP contribution < -0.4 is 5.32 Å². The molecule has 1 aromatic heterocycles. The molecule has 0 bridgehead atoms. The third-order valence-corrected chi connectivity index (χ3v) is 5.30. The van der Waals surface area contributed by atoms with Crippen molar-refractivity contribution in [2.24, 2.45) is 0 Å². The van der Waals surface area contributed by atoms with Gasteiger partial charge in [0.05, 0.1) is 24.1 Å². The average Bonchev–Trinajstić information content (AvgIpc) is 3.24. The van der Waals surface area contributed by atoms with E-state index in [0.717, 1.165) is 10.0 Å². The summed E-state index contributed by atoms with van der Waals surface area (Å²) in [5.74, 6) is -0.109. The summed E-state index contributed by atoms with van der Waals surface area (Å²) in [6.07, 6.45) is 1.61. The number of H-pyrrole nitrogens is 1. The van der Waals surface area contributed by atoms with Gasteiger partial charge < -0.3 is 15.0 Å². The number of carbonyl (C=O) groups excluding carboxylic acids is 1. The van der Waals surface area contributed by atoms with E-state index in [9.17, 15) is 9.18 Å². The number of aromatic nitrogens is 1. The summed E-state index contributed by atoms with van der Waals surface area (Å²) >= 11 is 3.41. The maximum absolute atomic E-state index is 13.4. The number of methoxy groups -OCH3 is 1. The number of carbonyl (C=O) groups is 1. The molecule has 0 aliphatic heterocycles. The number of ether oxygens (including phenoxy) is 1. The zero-order valence-electron chi connectivity index (χ0n) is 17.3. The fourth-order valence-electron chi connectivity index (χ4n) is 3.06. The average molecular weight is 481 g/mol. The number of hydrogen-bond acceptors (Lipinski definition) is 3. The molecule has 2 aromatic carbocycles. The van der Waals surface area contributed by atoms with Crippen LogP contribution in [0.3, 0.4) is 0 Å². The lowest BCUT2D eigenvalue weighted by molar-refractivity contribution is 0.103. The number of benzene rings is 2. The summed E-state index contributed by atoms with van der Waals surface area (Å²) in [5, 5.41) is 3.03. The smallest absolute Gasteiger partial charge is 0.198 e. The van der Waals surface area contributed by atoms with Crippen LogP contribution in [-0.2, 0) is 4.74 Å². The number of rotatable bonds is 8. The fraction of sp³-hybridized carbons (Fsp3) is 0.0800. The van der Waals surface area contributed by atoms with Crippen molar-refractivity contribution in [2.45, 2.75) is 6.92 Å². The van der Waals surface area contributed by atoms with Crippen LogP contribution in [0.15, 0.2) is 89.8 Å². The molecule has 0 atom stereocenters. The lowest BCUT2D eigenvalue weighted by Gasteiger charge is -2.13. The van der Waals surface area contributed by atoms with Crippen LogP contribution in [0.1, 0.15) is 28.5 Å². The van der Waals surface area contributed by atoms with Crippen molar-refractivity contribution in [2.75, 3.05) is 12.4 Å². The Morgan fingerprint density at radius 3 is 2.45 bits per heavy atom. The van der Waals surface area contributed by atoms with E-state index in [1.807, 2.05) is 24.3 Å². The minimum atomic E-state index is -0.351. The van der Waals surface area contributed by atoms with Gasteiger partial charge in [0.1, 0.15) is 11.6 Å². The van der Waals surface area contributed by atoms with Crippen molar-refractivity contribution < 1.29 is 13.9 Å². The maximum atomic E-state index is 13.4. The molecule has 2 N–H and O–H groups in total. The van der Waals surface area contributed by atoms with Crippen LogP contribution >= 0.6 is 15.9 Å². The van der Waals surface area contributed by atoms with E-state index in [4.69, 9.17) is 4.74 Å². The molecule has 0 unspecified atom stereocenters. The minimum Gasteiger partial charge on any atom is -0.501 e. The molecule has 0 saturated carbocycles. The van der Waals surface area contributed by atoms with Crippen LogP contribution in [0.4, 0.5) is 10.1 Å². The molecule has 1 heterocycles. The second-order valence-corrected chi connectivity index (χ2v) is 7.78. The van der Waals surface area contributed by atoms with Gasteiger partial charge in [-0.25, -0.2) is 4.39 Å². The predicted molar refractivity (Wildman–Crippen MR) is 127 cm³/mol. The second-order valence-electron chi connectivity index (χ2n) is 6.87. The number of ketones is 1. The van der Waals surface area contributed by atoms with Crippen LogP contribution in [0.25, 0.3) is 11.3 Å². The quantitative estimate of drug-likeness (QED) is 0.161. The first kappa shape index (κ1) is 22.3. The highest BCUT2D eigenvalue weighted by molar-refractivity contribution is 9.10. The van der Waals surface area contributed by atoms with Crippen molar-refractivity contribution >= 4 is 38.7 Å². The van der Waals surface area contributed by atoms with E-state index >= 15 is 0 Å². The van der Waals surface area contributed by atoms with E-state index in [1.54, 1.807) is 31.3 Å². The number of anilines is 1. The Balaban J connectivity index is 1.86. The number of hydrogen-bond donors (Lipinski definition) is 2. The standard InChI is InChI=1S/C25H22BrFN2O2/c1-15(18-8-10-20(26)11-9-18)24(17(3)31-4)25(30)19-12-23(28-14-19)16(2)29-22-7-5-6-21(27)13-22/h5-14,28-29H,1-2H2,3-4H3/b24-17+. The Morgan fingerprint density at radius 1 is 1.10 bits per heavy atom. The van der Waals surface area contributed by atoms with Gasteiger partial charge in [-0.05, 0) is 54.5 Å². The highest BCUT2D eigenvalue weighted by Gasteiger charge is 2.22. The number of Topliss-reactive ketones (excluding diaryl/α,β-unsaturated/α-hetero) is 1. The molecule has 158 valence electrons. The summed E-state index contributed by atoms with van der Waals surface area (Å²) in [7, 11) is 1.52. The van der Waals surface area contributed by atoms with Crippen LogP contribution in [0.5, 0.6) is 0 Å².